The van der Waals surface area contributed by atoms with Crippen LogP contribution in [0.5, 0.6) is 0 Å². The standard InChI is InChI=1S/C19H16ClN3/c1-3-5-17-18(4-2)23(16-8-6-15(20)7-9-16)19(22-17)14-10-12-21-13-11-14/h3-13H,2H2,1H3/b5-3-. The summed E-state index contributed by atoms with van der Waals surface area (Å²) in [4.78, 5) is 8.87. The maximum Gasteiger partial charge on any atom is 0.145 e. The van der Waals surface area contributed by atoms with Gasteiger partial charge in [0, 0.05) is 28.7 Å². The van der Waals surface area contributed by atoms with E-state index < -0.39 is 0 Å². The van der Waals surface area contributed by atoms with Crippen LogP contribution in [0.4, 0.5) is 0 Å². The minimum Gasteiger partial charge on any atom is -0.292 e. The number of hydrogen-bond donors (Lipinski definition) is 0. The molecule has 3 aromatic rings. The first-order valence-corrected chi connectivity index (χ1v) is 7.66. The first-order valence-electron chi connectivity index (χ1n) is 7.29. The Balaban J connectivity index is 2.30. The maximum absolute atomic E-state index is 6.02. The van der Waals surface area contributed by atoms with Gasteiger partial charge in [-0.3, -0.25) is 9.55 Å². The van der Waals surface area contributed by atoms with Crippen LogP contribution in [0.15, 0.2) is 61.4 Å². The lowest BCUT2D eigenvalue weighted by molar-refractivity contribution is 1.05. The Hall–Kier alpha value is -2.65. The number of pyridine rings is 1. The fraction of sp³-hybridized carbons (Fsp3) is 0.0526. The third kappa shape index (κ3) is 2.96. The summed E-state index contributed by atoms with van der Waals surface area (Å²) in [6.45, 7) is 5.92. The summed E-state index contributed by atoms with van der Waals surface area (Å²) in [7, 11) is 0. The Labute approximate surface area is 140 Å². The van der Waals surface area contributed by atoms with E-state index in [2.05, 4.69) is 16.1 Å². The molecule has 4 heteroatoms. The molecule has 0 radical (unpaired) electrons. The zero-order valence-corrected chi connectivity index (χ0v) is 13.5. The molecule has 0 spiro atoms. The van der Waals surface area contributed by atoms with E-state index in [0.717, 1.165) is 28.5 Å². The van der Waals surface area contributed by atoms with Crippen LogP contribution < -0.4 is 0 Å². The minimum absolute atomic E-state index is 0.702. The van der Waals surface area contributed by atoms with Crippen LogP contribution in [-0.4, -0.2) is 14.5 Å². The Kier molecular flexibility index (Phi) is 4.40. The highest BCUT2D eigenvalue weighted by Gasteiger charge is 2.16. The summed E-state index contributed by atoms with van der Waals surface area (Å²) in [5.41, 5.74) is 3.80. The lowest BCUT2D eigenvalue weighted by Gasteiger charge is -2.10. The third-order valence-electron chi connectivity index (χ3n) is 3.48. The van der Waals surface area contributed by atoms with Gasteiger partial charge < -0.3 is 0 Å². The monoisotopic (exact) mass is 321 g/mol. The van der Waals surface area contributed by atoms with E-state index in [0.29, 0.717) is 5.02 Å². The highest BCUT2D eigenvalue weighted by atomic mass is 35.5. The van der Waals surface area contributed by atoms with Gasteiger partial charge in [-0.25, -0.2) is 4.98 Å². The number of imidazole rings is 1. The van der Waals surface area contributed by atoms with Crippen LogP contribution in [0.1, 0.15) is 18.3 Å². The van der Waals surface area contributed by atoms with Gasteiger partial charge in [-0.05, 0) is 55.5 Å². The van der Waals surface area contributed by atoms with Gasteiger partial charge in [0.25, 0.3) is 0 Å². The number of hydrogen-bond acceptors (Lipinski definition) is 2. The average Bonchev–Trinajstić information content (AvgIpc) is 2.95. The molecule has 0 bridgehead atoms. The average molecular weight is 322 g/mol. The molecule has 0 atom stereocenters. The van der Waals surface area contributed by atoms with Crippen molar-refractivity contribution in [3.63, 3.8) is 0 Å². The van der Waals surface area contributed by atoms with Gasteiger partial charge in [-0.2, -0.15) is 0 Å². The van der Waals surface area contributed by atoms with Crippen molar-refractivity contribution in [1.29, 1.82) is 0 Å². The molecule has 0 aliphatic rings. The zero-order chi connectivity index (χ0) is 16.2. The van der Waals surface area contributed by atoms with Gasteiger partial charge in [0.05, 0.1) is 11.4 Å². The summed E-state index contributed by atoms with van der Waals surface area (Å²) in [6.07, 6.45) is 9.30. The molecule has 23 heavy (non-hydrogen) atoms. The van der Waals surface area contributed by atoms with E-state index in [1.165, 1.54) is 0 Å². The molecule has 3 nitrogen and oxygen atoms in total. The van der Waals surface area contributed by atoms with Gasteiger partial charge in [-0.1, -0.05) is 24.3 Å². The molecule has 0 aliphatic carbocycles. The molecule has 114 valence electrons. The quantitative estimate of drug-likeness (QED) is 0.656. The molecule has 2 heterocycles. The molecule has 0 fully saturated rings. The SMILES string of the molecule is C=Cc1c(/C=C\C)nc(-c2ccncc2)n1-c1ccc(Cl)cc1. The zero-order valence-electron chi connectivity index (χ0n) is 12.8. The van der Waals surface area contributed by atoms with Crippen LogP contribution in [-0.2, 0) is 0 Å². The van der Waals surface area contributed by atoms with Crippen molar-refractivity contribution >= 4 is 23.8 Å². The van der Waals surface area contributed by atoms with E-state index in [4.69, 9.17) is 16.6 Å². The Morgan fingerprint density at radius 3 is 2.39 bits per heavy atom. The van der Waals surface area contributed by atoms with Gasteiger partial charge >= 0.3 is 0 Å². The van der Waals surface area contributed by atoms with E-state index in [9.17, 15) is 0 Å². The summed E-state index contributed by atoms with van der Waals surface area (Å²) in [5, 5.41) is 0.702. The van der Waals surface area contributed by atoms with Gasteiger partial charge in [-0.15, -0.1) is 0 Å². The normalized spacial score (nSPS) is 11.0. The predicted molar refractivity (Wildman–Crippen MR) is 96.6 cm³/mol. The molecule has 0 aliphatic heterocycles. The van der Waals surface area contributed by atoms with Crippen molar-refractivity contribution in [2.45, 2.75) is 6.92 Å². The Bertz CT molecular complexity index is 846. The summed E-state index contributed by atoms with van der Waals surface area (Å²) in [5.74, 6) is 0.845. The lowest BCUT2D eigenvalue weighted by atomic mass is 10.2. The van der Waals surface area contributed by atoms with E-state index in [1.54, 1.807) is 12.4 Å². The lowest BCUT2D eigenvalue weighted by Crippen LogP contribution is -1.99. The van der Waals surface area contributed by atoms with Crippen molar-refractivity contribution < 1.29 is 0 Å². The number of rotatable bonds is 4. The molecule has 0 unspecified atom stereocenters. The van der Waals surface area contributed by atoms with Crippen molar-refractivity contribution in [1.82, 2.24) is 14.5 Å². The fourth-order valence-electron chi connectivity index (χ4n) is 2.47. The number of benzene rings is 1. The smallest absolute Gasteiger partial charge is 0.145 e. The number of aromatic nitrogens is 3. The maximum atomic E-state index is 6.02. The van der Waals surface area contributed by atoms with Crippen molar-refractivity contribution in [3.8, 4) is 17.1 Å². The summed E-state index contributed by atoms with van der Waals surface area (Å²) < 4.78 is 2.08. The second-order valence-electron chi connectivity index (χ2n) is 4.96. The van der Waals surface area contributed by atoms with E-state index >= 15 is 0 Å². The molecule has 0 saturated carbocycles. The fourth-order valence-corrected chi connectivity index (χ4v) is 2.60. The van der Waals surface area contributed by atoms with Crippen molar-refractivity contribution in [3.05, 3.63) is 77.9 Å². The van der Waals surface area contributed by atoms with Crippen LogP contribution in [0, 0.1) is 0 Å². The van der Waals surface area contributed by atoms with Gasteiger partial charge in [0.15, 0.2) is 0 Å². The number of nitrogens with zero attached hydrogens (tertiary/aromatic N) is 3. The Morgan fingerprint density at radius 2 is 1.78 bits per heavy atom. The van der Waals surface area contributed by atoms with Crippen LogP contribution >= 0.6 is 11.6 Å². The molecule has 0 N–H and O–H groups in total. The first kappa shape index (κ1) is 15.3. The first-order chi connectivity index (χ1) is 11.2. The van der Waals surface area contributed by atoms with Crippen molar-refractivity contribution in [2.24, 2.45) is 0 Å². The van der Waals surface area contributed by atoms with Crippen LogP contribution in [0.3, 0.4) is 0 Å². The molecule has 1 aromatic carbocycles. The highest BCUT2D eigenvalue weighted by Crippen LogP contribution is 2.28. The summed E-state index contributed by atoms with van der Waals surface area (Å²) >= 11 is 6.02. The number of allylic oxidation sites excluding steroid dienone is 1. The topological polar surface area (TPSA) is 30.7 Å². The molecule has 0 saturated heterocycles. The second-order valence-corrected chi connectivity index (χ2v) is 5.39. The van der Waals surface area contributed by atoms with Gasteiger partial charge in [0.2, 0.25) is 0 Å². The molecule has 0 amide bonds. The summed E-state index contributed by atoms with van der Waals surface area (Å²) in [6, 6.07) is 11.6. The minimum atomic E-state index is 0.702. The molecular weight excluding hydrogens is 306 g/mol. The highest BCUT2D eigenvalue weighted by molar-refractivity contribution is 6.30. The van der Waals surface area contributed by atoms with Crippen LogP contribution in [0.2, 0.25) is 5.02 Å². The number of halogens is 1. The second kappa shape index (κ2) is 6.63. The van der Waals surface area contributed by atoms with E-state index in [1.807, 2.05) is 61.5 Å². The largest absolute Gasteiger partial charge is 0.292 e. The Morgan fingerprint density at radius 1 is 1.09 bits per heavy atom. The van der Waals surface area contributed by atoms with Crippen molar-refractivity contribution in [2.75, 3.05) is 0 Å². The van der Waals surface area contributed by atoms with Gasteiger partial charge in [0.1, 0.15) is 5.82 Å². The molecular formula is C19H16ClN3. The van der Waals surface area contributed by atoms with E-state index in [-0.39, 0.29) is 0 Å². The molecule has 3 rings (SSSR count). The molecule has 2 aromatic heterocycles. The predicted octanol–water partition coefficient (Wildman–Crippen LogP) is 5.26. The third-order valence-corrected chi connectivity index (χ3v) is 3.73. The van der Waals surface area contributed by atoms with Crippen LogP contribution in [0.25, 0.3) is 29.2 Å².